The molecule has 2 aromatic rings. The number of hydrogen-bond acceptors (Lipinski definition) is 3. The molecule has 1 aliphatic rings. The molecule has 1 aliphatic heterocycles. The predicted octanol–water partition coefficient (Wildman–Crippen LogP) is 3.53. The normalized spacial score (nSPS) is 17.0. The van der Waals surface area contributed by atoms with E-state index in [1.54, 1.807) is 23.8 Å². The number of anilines is 2. The summed E-state index contributed by atoms with van der Waals surface area (Å²) in [5.74, 6) is 0.650. The van der Waals surface area contributed by atoms with Crippen molar-refractivity contribution in [2.45, 2.75) is 26.3 Å². The van der Waals surface area contributed by atoms with Crippen LogP contribution in [-0.4, -0.2) is 43.1 Å². The zero-order valence-corrected chi connectivity index (χ0v) is 15.9. The van der Waals surface area contributed by atoms with Crippen molar-refractivity contribution >= 4 is 23.3 Å². The Morgan fingerprint density at radius 2 is 1.85 bits per heavy atom. The number of piperazine rings is 1. The maximum atomic E-state index is 12.8. The van der Waals surface area contributed by atoms with E-state index < -0.39 is 6.04 Å². The zero-order valence-electron chi connectivity index (χ0n) is 15.9. The average molecular weight is 367 g/mol. The van der Waals surface area contributed by atoms with Crippen LogP contribution in [0, 0.1) is 0 Å². The Bertz CT molecular complexity index is 820. The van der Waals surface area contributed by atoms with Crippen LogP contribution < -0.4 is 15.0 Å². The highest BCUT2D eigenvalue weighted by Crippen LogP contribution is 2.24. The minimum atomic E-state index is -0.533. The number of ether oxygens (including phenoxy) is 1. The molecule has 1 heterocycles. The molecule has 0 bridgehead atoms. The Hall–Kier alpha value is -3.02. The Labute approximate surface area is 159 Å². The van der Waals surface area contributed by atoms with Crippen LogP contribution in [0.4, 0.5) is 16.2 Å². The molecule has 0 aromatic heterocycles. The van der Waals surface area contributed by atoms with Crippen LogP contribution in [0.5, 0.6) is 5.75 Å². The first kappa shape index (κ1) is 18.8. The van der Waals surface area contributed by atoms with Crippen LogP contribution >= 0.6 is 0 Å². The summed E-state index contributed by atoms with van der Waals surface area (Å²) in [4.78, 5) is 28.9. The van der Waals surface area contributed by atoms with Crippen molar-refractivity contribution in [2.75, 3.05) is 30.4 Å². The molecule has 27 heavy (non-hydrogen) atoms. The Morgan fingerprint density at radius 3 is 2.52 bits per heavy atom. The number of amides is 3. The van der Waals surface area contributed by atoms with E-state index in [0.29, 0.717) is 13.1 Å². The van der Waals surface area contributed by atoms with Gasteiger partial charge < -0.3 is 19.9 Å². The van der Waals surface area contributed by atoms with Gasteiger partial charge in [0, 0.05) is 24.5 Å². The van der Waals surface area contributed by atoms with Crippen molar-refractivity contribution in [3.63, 3.8) is 0 Å². The molecule has 1 saturated heterocycles. The highest BCUT2D eigenvalue weighted by molar-refractivity contribution is 6.02. The molecule has 0 unspecified atom stereocenters. The SMILES string of the molecule is CCc1ccccc1NC(=O)N1CCN(c2ccc(OC)cc2)C(=O)[C@@H]1C. The third-order valence-corrected chi connectivity index (χ3v) is 4.94. The van der Waals surface area contributed by atoms with Gasteiger partial charge in [0.1, 0.15) is 11.8 Å². The van der Waals surface area contributed by atoms with Crippen LogP contribution in [0.15, 0.2) is 48.5 Å². The molecule has 3 amide bonds. The van der Waals surface area contributed by atoms with Gasteiger partial charge in [-0.2, -0.15) is 0 Å². The van der Waals surface area contributed by atoms with Crippen LogP contribution in [0.1, 0.15) is 19.4 Å². The fourth-order valence-electron chi connectivity index (χ4n) is 3.30. The number of nitrogens with one attached hydrogen (secondary N) is 1. The zero-order chi connectivity index (χ0) is 19.4. The number of rotatable bonds is 4. The van der Waals surface area contributed by atoms with Crippen molar-refractivity contribution in [3.8, 4) is 5.75 Å². The lowest BCUT2D eigenvalue weighted by Gasteiger charge is -2.39. The summed E-state index contributed by atoms with van der Waals surface area (Å²) in [6.45, 7) is 4.74. The van der Waals surface area contributed by atoms with Crippen molar-refractivity contribution in [3.05, 3.63) is 54.1 Å². The van der Waals surface area contributed by atoms with Crippen LogP contribution in [0.3, 0.4) is 0 Å². The number of carbonyl (C=O) groups excluding carboxylic acids is 2. The molecule has 1 atom stereocenters. The molecular weight excluding hydrogens is 342 g/mol. The lowest BCUT2D eigenvalue weighted by molar-refractivity contribution is -0.123. The second kappa shape index (κ2) is 8.12. The van der Waals surface area contributed by atoms with Gasteiger partial charge in [0.15, 0.2) is 0 Å². The van der Waals surface area contributed by atoms with Gasteiger partial charge in [-0.25, -0.2) is 4.79 Å². The molecule has 2 aromatic carbocycles. The number of carbonyl (C=O) groups is 2. The molecule has 142 valence electrons. The quantitative estimate of drug-likeness (QED) is 0.899. The largest absolute Gasteiger partial charge is 0.497 e. The fourth-order valence-corrected chi connectivity index (χ4v) is 3.30. The van der Waals surface area contributed by atoms with Crippen molar-refractivity contribution in [1.82, 2.24) is 4.90 Å². The highest BCUT2D eigenvalue weighted by Gasteiger charge is 2.35. The Balaban J connectivity index is 1.71. The first-order chi connectivity index (χ1) is 13.0. The Morgan fingerprint density at radius 1 is 1.15 bits per heavy atom. The molecule has 6 heteroatoms. The number of aryl methyl sites for hydroxylation is 1. The first-order valence-corrected chi connectivity index (χ1v) is 9.16. The van der Waals surface area contributed by atoms with E-state index in [1.165, 1.54) is 0 Å². The highest BCUT2D eigenvalue weighted by atomic mass is 16.5. The van der Waals surface area contributed by atoms with Gasteiger partial charge in [-0.3, -0.25) is 4.79 Å². The molecule has 3 rings (SSSR count). The minimum Gasteiger partial charge on any atom is -0.497 e. The summed E-state index contributed by atoms with van der Waals surface area (Å²) in [6, 6.07) is 14.3. The maximum absolute atomic E-state index is 12.8. The number of methoxy groups -OCH3 is 1. The molecule has 0 radical (unpaired) electrons. The van der Waals surface area contributed by atoms with E-state index in [2.05, 4.69) is 5.32 Å². The van der Waals surface area contributed by atoms with Crippen molar-refractivity contribution < 1.29 is 14.3 Å². The topological polar surface area (TPSA) is 61.9 Å². The third kappa shape index (κ3) is 3.89. The van der Waals surface area contributed by atoms with Gasteiger partial charge in [0.25, 0.3) is 0 Å². The standard InChI is InChI=1S/C21H25N3O3/c1-4-16-7-5-6-8-19(16)22-21(26)23-13-14-24(20(25)15(23)2)17-9-11-18(27-3)12-10-17/h5-12,15H,4,13-14H2,1-3H3,(H,22,26)/t15-/m0/s1. The Kier molecular flexibility index (Phi) is 5.64. The predicted molar refractivity (Wildman–Crippen MR) is 106 cm³/mol. The fraction of sp³-hybridized carbons (Fsp3) is 0.333. The van der Waals surface area contributed by atoms with E-state index in [9.17, 15) is 9.59 Å². The van der Waals surface area contributed by atoms with Gasteiger partial charge in [0.05, 0.1) is 7.11 Å². The maximum Gasteiger partial charge on any atom is 0.322 e. The molecule has 6 nitrogen and oxygen atoms in total. The lowest BCUT2D eigenvalue weighted by atomic mass is 10.1. The van der Waals surface area contributed by atoms with Crippen molar-refractivity contribution in [1.29, 1.82) is 0 Å². The summed E-state index contributed by atoms with van der Waals surface area (Å²) < 4.78 is 5.16. The van der Waals surface area contributed by atoms with Crippen LogP contribution in [0.2, 0.25) is 0 Å². The summed E-state index contributed by atoms with van der Waals surface area (Å²) in [5.41, 5.74) is 2.67. The number of benzene rings is 2. The van der Waals surface area contributed by atoms with E-state index in [-0.39, 0.29) is 11.9 Å². The third-order valence-electron chi connectivity index (χ3n) is 4.94. The van der Waals surface area contributed by atoms with Crippen LogP contribution in [-0.2, 0) is 11.2 Å². The molecular formula is C21H25N3O3. The summed E-state index contributed by atoms with van der Waals surface area (Å²) in [5, 5.41) is 2.95. The second-order valence-electron chi connectivity index (χ2n) is 6.50. The molecule has 0 spiro atoms. The second-order valence-corrected chi connectivity index (χ2v) is 6.50. The number of hydrogen-bond donors (Lipinski definition) is 1. The summed E-state index contributed by atoms with van der Waals surface area (Å²) in [7, 11) is 1.61. The lowest BCUT2D eigenvalue weighted by Crippen LogP contribution is -2.58. The number of urea groups is 1. The molecule has 1 fully saturated rings. The summed E-state index contributed by atoms with van der Waals surface area (Å²) in [6.07, 6.45) is 0.830. The minimum absolute atomic E-state index is 0.0923. The van der Waals surface area contributed by atoms with Gasteiger partial charge >= 0.3 is 6.03 Å². The smallest absolute Gasteiger partial charge is 0.322 e. The van der Waals surface area contributed by atoms with Gasteiger partial charge in [-0.15, -0.1) is 0 Å². The average Bonchev–Trinajstić information content (AvgIpc) is 2.70. The van der Waals surface area contributed by atoms with Crippen LogP contribution in [0.25, 0.3) is 0 Å². The van der Waals surface area contributed by atoms with Gasteiger partial charge in [-0.05, 0) is 49.2 Å². The van der Waals surface area contributed by atoms with E-state index in [4.69, 9.17) is 4.74 Å². The monoisotopic (exact) mass is 367 g/mol. The first-order valence-electron chi connectivity index (χ1n) is 9.16. The molecule has 0 aliphatic carbocycles. The summed E-state index contributed by atoms with van der Waals surface area (Å²) >= 11 is 0. The van der Waals surface area contributed by atoms with Gasteiger partial charge in [-0.1, -0.05) is 25.1 Å². The van der Waals surface area contributed by atoms with E-state index in [0.717, 1.165) is 29.1 Å². The van der Waals surface area contributed by atoms with E-state index in [1.807, 2.05) is 55.5 Å². The number of nitrogens with zero attached hydrogens (tertiary/aromatic N) is 2. The van der Waals surface area contributed by atoms with Crippen molar-refractivity contribution in [2.24, 2.45) is 0 Å². The number of para-hydroxylation sites is 1. The van der Waals surface area contributed by atoms with E-state index >= 15 is 0 Å². The molecule has 0 saturated carbocycles. The van der Waals surface area contributed by atoms with Gasteiger partial charge in [0.2, 0.25) is 5.91 Å². The molecule has 1 N–H and O–H groups in total.